The monoisotopic (exact) mass is 445 g/mol. The number of hydrogen-bond donors (Lipinski definition) is 0. The van der Waals surface area contributed by atoms with Gasteiger partial charge in [-0.15, -0.1) is 0 Å². The van der Waals surface area contributed by atoms with Crippen LogP contribution in [0, 0.1) is 10.1 Å². The molecule has 0 aromatic heterocycles. The van der Waals surface area contributed by atoms with Crippen molar-refractivity contribution < 1.29 is 14.5 Å². The van der Waals surface area contributed by atoms with E-state index in [1.807, 2.05) is 6.07 Å². The fourth-order valence-electron chi connectivity index (χ4n) is 3.03. The van der Waals surface area contributed by atoms with Crippen LogP contribution in [0.4, 0.5) is 5.69 Å². The number of nitrogens with zero attached hydrogens (tertiary/aromatic N) is 3. The van der Waals surface area contributed by atoms with Gasteiger partial charge in [0.25, 0.3) is 5.69 Å². The van der Waals surface area contributed by atoms with Gasteiger partial charge in [-0.2, -0.15) is 0 Å². The highest BCUT2D eigenvalue weighted by Crippen LogP contribution is 2.38. The van der Waals surface area contributed by atoms with Crippen molar-refractivity contribution in [2.24, 2.45) is 0 Å². The van der Waals surface area contributed by atoms with E-state index in [4.69, 9.17) is 11.6 Å². The van der Waals surface area contributed by atoms with Gasteiger partial charge in [0.05, 0.1) is 14.8 Å². The van der Waals surface area contributed by atoms with E-state index in [0.29, 0.717) is 41.7 Å². The van der Waals surface area contributed by atoms with Crippen molar-refractivity contribution in [2.75, 3.05) is 26.2 Å². The molecule has 156 valence electrons. The first kappa shape index (κ1) is 21.9. The summed E-state index contributed by atoms with van der Waals surface area (Å²) < 4.78 is 0. The number of rotatable bonds is 5. The smallest absolute Gasteiger partial charge is 0.283 e. The fraction of sp³-hybridized carbons (Fsp3) is 0.238. The second-order valence-electron chi connectivity index (χ2n) is 6.68. The first-order valence-electron chi connectivity index (χ1n) is 9.28. The number of carbonyl (C=O) groups is 2. The quantitative estimate of drug-likeness (QED) is 0.393. The largest absolute Gasteiger partial charge is 0.339 e. The molecular formula is C21H20ClN3O4S. The van der Waals surface area contributed by atoms with Crippen molar-refractivity contribution in [3.05, 3.63) is 69.2 Å². The minimum atomic E-state index is -0.445. The summed E-state index contributed by atoms with van der Waals surface area (Å²) >= 11 is 7.38. The molecular weight excluding hydrogens is 426 g/mol. The maximum Gasteiger partial charge on any atom is 0.283 e. The van der Waals surface area contributed by atoms with Crippen molar-refractivity contribution in [1.29, 1.82) is 0 Å². The second kappa shape index (κ2) is 9.77. The molecule has 0 N–H and O–H groups in total. The van der Waals surface area contributed by atoms with Gasteiger partial charge in [0.15, 0.2) is 0 Å². The lowest BCUT2D eigenvalue weighted by Gasteiger charge is -2.33. The van der Waals surface area contributed by atoms with Gasteiger partial charge in [0, 0.05) is 50.1 Å². The molecule has 2 aromatic carbocycles. The van der Waals surface area contributed by atoms with Crippen LogP contribution in [-0.4, -0.2) is 52.7 Å². The van der Waals surface area contributed by atoms with Gasteiger partial charge in [-0.1, -0.05) is 41.6 Å². The molecule has 1 aliphatic rings. The van der Waals surface area contributed by atoms with Crippen LogP contribution in [0.15, 0.2) is 58.3 Å². The van der Waals surface area contributed by atoms with E-state index in [2.05, 4.69) is 0 Å². The van der Waals surface area contributed by atoms with Crippen LogP contribution < -0.4 is 0 Å². The summed E-state index contributed by atoms with van der Waals surface area (Å²) in [5.74, 6) is -0.185. The third-order valence-corrected chi connectivity index (χ3v) is 6.27. The first-order chi connectivity index (χ1) is 14.3. The van der Waals surface area contributed by atoms with Gasteiger partial charge >= 0.3 is 0 Å². The lowest BCUT2D eigenvalue weighted by Crippen LogP contribution is -2.49. The number of amides is 2. The van der Waals surface area contributed by atoms with Crippen LogP contribution in [0.2, 0.25) is 5.02 Å². The minimum absolute atomic E-state index is 0.000277. The zero-order valence-electron chi connectivity index (χ0n) is 16.3. The zero-order chi connectivity index (χ0) is 21.7. The van der Waals surface area contributed by atoms with Crippen LogP contribution in [0.1, 0.15) is 12.5 Å². The van der Waals surface area contributed by atoms with Crippen LogP contribution >= 0.6 is 23.4 Å². The van der Waals surface area contributed by atoms with E-state index in [0.717, 1.165) is 4.90 Å². The third-order valence-electron chi connectivity index (χ3n) is 4.69. The van der Waals surface area contributed by atoms with Gasteiger partial charge in [-0.05, 0) is 29.8 Å². The number of benzene rings is 2. The minimum Gasteiger partial charge on any atom is -0.339 e. The van der Waals surface area contributed by atoms with E-state index >= 15 is 0 Å². The molecule has 1 fully saturated rings. The van der Waals surface area contributed by atoms with Crippen molar-refractivity contribution in [3.63, 3.8) is 0 Å². The van der Waals surface area contributed by atoms with E-state index in [9.17, 15) is 19.7 Å². The fourth-order valence-corrected chi connectivity index (χ4v) is 4.20. The van der Waals surface area contributed by atoms with Crippen molar-refractivity contribution in [2.45, 2.75) is 16.7 Å². The summed E-state index contributed by atoms with van der Waals surface area (Å²) in [4.78, 5) is 39.4. The number of nitro benzene ring substituents is 1. The normalized spacial score (nSPS) is 14.2. The van der Waals surface area contributed by atoms with Crippen LogP contribution in [0.5, 0.6) is 0 Å². The molecule has 2 aromatic rings. The maximum absolute atomic E-state index is 12.4. The Hall–Kier alpha value is -2.84. The van der Waals surface area contributed by atoms with Crippen molar-refractivity contribution in [3.8, 4) is 0 Å². The van der Waals surface area contributed by atoms with Gasteiger partial charge in [0.2, 0.25) is 11.8 Å². The molecule has 1 aliphatic heterocycles. The second-order valence-corrected chi connectivity index (χ2v) is 8.17. The van der Waals surface area contributed by atoms with Crippen molar-refractivity contribution in [1.82, 2.24) is 9.80 Å². The number of carbonyl (C=O) groups excluding carboxylic acids is 2. The Morgan fingerprint density at radius 2 is 1.73 bits per heavy atom. The van der Waals surface area contributed by atoms with Crippen LogP contribution in [-0.2, 0) is 9.59 Å². The SMILES string of the molecule is CC(=O)N1CCN(C(=O)C=Cc2ccc(Sc3ccccc3Cl)c([N+](=O)[O-])c2)CC1. The Morgan fingerprint density at radius 3 is 2.37 bits per heavy atom. The number of hydrogen-bond acceptors (Lipinski definition) is 5. The Labute approximate surface area is 183 Å². The predicted octanol–water partition coefficient (Wildman–Crippen LogP) is 4.10. The molecule has 0 bridgehead atoms. The highest BCUT2D eigenvalue weighted by molar-refractivity contribution is 7.99. The molecule has 1 saturated heterocycles. The van der Waals surface area contributed by atoms with Crippen LogP contribution in [0.25, 0.3) is 6.08 Å². The average Bonchev–Trinajstić information content (AvgIpc) is 2.74. The summed E-state index contributed by atoms with van der Waals surface area (Å²) in [6.07, 6.45) is 2.97. The Bertz CT molecular complexity index is 1000. The Balaban J connectivity index is 1.71. The number of nitro groups is 1. The highest BCUT2D eigenvalue weighted by Gasteiger charge is 2.21. The lowest BCUT2D eigenvalue weighted by molar-refractivity contribution is -0.387. The summed E-state index contributed by atoms with van der Waals surface area (Å²) in [6.45, 7) is 3.47. The number of halogens is 1. The van der Waals surface area contributed by atoms with Gasteiger partial charge in [0.1, 0.15) is 0 Å². The molecule has 2 amide bonds. The molecule has 0 spiro atoms. The van der Waals surface area contributed by atoms with Gasteiger partial charge in [-0.25, -0.2) is 0 Å². The molecule has 0 radical (unpaired) electrons. The maximum atomic E-state index is 12.4. The summed E-state index contributed by atoms with van der Waals surface area (Å²) in [6, 6.07) is 12.0. The molecule has 7 nitrogen and oxygen atoms in total. The zero-order valence-corrected chi connectivity index (χ0v) is 17.9. The van der Waals surface area contributed by atoms with E-state index in [1.54, 1.807) is 46.2 Å². The standard InChI is InChI=1S/C21H20ClN3O4S/c1-15(26)23-10-12-24(13-11-23)21(27)9-7-16-6-8-20(18(14-16)25(28)29)30-19-5-3-2-4-17(19)22/h2-9,14H,10-13H2,1H3. The first-order valence-corrected chi connectivity index (χ1v) is 10.5. The third kappa shape index (κ3) is 5.40. The molecule has 0 aliphatic carbocycles. The molecule has 0 unspecified atom stereocenters. The average molecular weight is 446 g/mol. The molecule has 1 heterocycles. The molecule has 9 heteroatoms. The van der Waals surface area contributed by atoms with Gasteiger partial charge in [-0.3, -0.25) is 19.7 Å². The van der Waals surface area contributed by atoms with Crippen molar-refractivity contribution >= 4 is 46.9 Å². The van der Waals surface area contributed by atoms with Crippen LogP contribution in [0.3, 0.4) is 0 Å². The molecule has 30 heavy (non-hydrogen) atoms. The molecule has 0 saturated carbocycles. The topological polar surface area (TPSA) is 83.8 Å². The number of piperazine rings is 1. The predicted molar refractivity (Wildman–Crippen MR) is 117 cm³/mol. The Kier molecular flexibility index (Phi) is 7.12. The Morgan fingerprint density at radius 1 is 1.07 bits per heavy atom. The lowest BCUT2D eigenvalue weighted by atomic mass is 10.2. The summed E-state index contributed by atoms with van der Waals surface area (Å²) in [7, 11) is 0. The van der Waals surface area contributed by atoms with Gasteiger partial charge < -0.3 is 9.80 Å². The van der Waals surface area contributed by atoms with E-state index < -0.39 is 4.92 Å². The molecule has 0 atom stereocenters. The molecule has 3 rings (SSSR count). The van der Waals surface area contributed by atoms with E-state index in [-0.39, 0.29) is 17.5 Å². The highest BCUT2D eigenvalue weighted by atomic mass is 35.5. The summed E-state index contributed by atoms with van der Waals surface area (Å²) in [5.41, 5.74) is 0.505. The summed E-state index contributed by atoms with van der Waals surface area (Å²) in [5, 5.41) is 12.1. The van der Waals surface area contributed by atoms with E-state index in [1.165, 1.54) is 30.8 Å².